The van der Waals surface area contributed by atoms with E-state index in [0.717, 1.165) is 7.11 Å². The molecule has 0 aromatic carbocycles. The van der Waals surface area contributed by atoms with Gasteiger partial charge in [-0.05, 0) is 20.8 Å². The number of methoxy groups -OCH3 is 1. The smallest absolute Gasteiger partial charge is 0.408 e. The average Bonchev–Trinajstić information content (AvgIpc) is 2.49. The first-order valence-corrected chi connectivity index (χ1v) is 6.11. The second kappa shape index (κ2) is 5.51. The Morgan fingerprint density at radius 2 is 1.90 bits per heavy atom. The van der Waals surface area contributed by atoms with E-state index in [1.54, 1.807) is 20.8 Å². The van der Waals surface area contributed by atoms with E-state index in [1.807, 2.05) is 5.32 Å². The quantitative estimate of drug-likeness (QED) is 0.744. The van der Waals surface area contributed by atoms with Gasteiger partial charge in [-0.1, -0.05) is 0 Å². The van der Waals surface area contributed by atoms with E-state index in [4.69, 9.17) is 4.74 Å². The highest BCUT2D eigenvalue weighted by atomic mass is 19.3. The van der Waals surface area contributed by atoms with Crippen LogP contribution in [0, 0.1) is 5.92 Å². The number of alkyl halides is 2. The maximum absolute atomic E-state index is 13.8. The molecule has 0 radical (unpaired) electrons. The predicted octanol–water partition coefficient (Wildman–Crippen LogP) is 1.07. The lowest BCUT2D eigenvalue weighted by Gasteiger charge is -2.26. The van der Waals surface area contributed by atoms with Gasteiger partial charge in [0.25, 0.3) is 5.92 Å². The van der Waals surface area contributed by atoms with Crippen LogP contribution in [0.25, 0.3) is 0 Å². The van der Waals surface area contributed by atoms with Crippen LogP contribution >= 0.6 is 0 Å². The molecule has 8 heteroatoms. The van der Waals surface area contributed by atoms with E-state index in [1.165, 1.54) is 0 Å². The fourth-order valence-corrected chi connectivity index (χ4v) is 2.02. The topological polar surface area (TPSA) is 84.9 Å². The van der Waals surface area contributed by atoms with Crippen LogP contribution in [0.4, 0.5) is 13.6 Å². The minimum absolute atomic E-state index is 0.856. The number of amides is 1. The Bertz CT molecular complexity index is 394. The molecule has 0 aromatic rings. The van der Waals surface area contributed by atoms with E-state index in [-0.39, 0.29) is 0 Å². The second-order valence-corrected chi connectivity index (χ2v) is 5.71. The summed E-state index contributed by atoms with van der Waals surface area (Å²) in [5.74, 6) is -5.74. The molecule has 0 heterocycles. The SMILES string of the molecule is COC(=O)[C@H]1CC(F)(F)[C@@H](NC(=O)OC(C)(C)C)[C@@H]1O. The van der Waals surface area contributed by atoms with Crippen LogP contribution in [-0.2, 0) is 14.3 Å². The van der Waals surface area contributed by atoms with Crippen molar-refractivity contribution in [3.8, 4) is 0 Å². The monoisotopic (exact) mass is 295 g/mol. The summed E-state index contributed by atoms with van der Waals surface area (Å²) in [6.07, 6.45) is -3.70. The Hall–Kier alpha value is -1.44. The van der Waals surface area contributed by atoms with Gasteiger partial charge in [0.15, 0.2) is 0 Å². The van der Waals surface area contributed by atoms with Crippen LogP contribution in [0.15, 0.2) is 0 Å². The van der Waals surface area contributed by atoms with E-state index in [2.05, 4.69) is 4.74 Å². The molecule has 116 valence electrons. The molecule has 0 aliphatic heterocycles. The van der Waals surface area contributed by atoms with E-state index >= 15 is 0 Å². The number of aliphatic hydroxyl groups is 1. The van der Waals surface area contributed by atoms with Crippen molar-refractivity contribution in [1.82, 2.24) is 5.32 Å². The molecule has 1 amide bonds. The summed E-state index contributed by atoms with van der Waals surface area (Å²) >= 11 is 0. The Balaban J connectivity index is 2.78. The van der Waals surface area contributed by atoms with Gasteiger partial charge in [-0.15, -0.1) is 0 Å². The molecule has 0 unspecified atom stereocenters. The van der Waals surface area contributed by atoms with Crippen molar-refractivity contribution < 1.29 is 33.0 Å². The van der Waals surface area contributed by atoms with E-state index in [9.17, 15) is 23.5 Å². The van der Waals surface area contributed by atoms with Crippen LogP contribution in [0.3, 0.4) is 0 Å². The van der Waals surface area contributed by atoms with Crippen molar-refractivity contribution in [3.63, 3.8) is 0 Å². The molecule has 0 saturated heterocycles. The van der Waals surface area contributed by atoms with Crippen LogP contribution in [0.1, 0.15) is 27.2 Å². The number of esters is 1. The van der Waals surface area contributed by atoms with Gasteiger partial charge in [-0.3, -0.25) is 4.79 Å². The molecular weight excluding hydrogens is 276 g/mol. The first kappa shape index (κ1) is 16.6. The molecule has 0 aromatic heterocycles. The number of rotatable bonds is 2. The molecule has 1 fully saturated rings. The number of halogens is 2. The van der Waals surface area contributed by atoms with Crippen molar-refractivity contribution >= 4 is 12.1 Å². The van der Waals surface area contributed by atoms with Gasteiger partial charge in [0.2, 0.25) is 0 Å². The molecule has 6 nitrogen and oxygen atoms in total. The van der Waals surface area contributed by atoms with Gasteiger partial charge in [0.05, 0.1) is 19.1 Å². The molecule has 1 saturated carbocycles. The van der Waals surface area contributed by atoms with Gasteiger partial charge in [0.1, 0.15) is 11.6 Å². The molecule has 3 atom stereocenters. The minimum Gasteiger partial charge on any atom is -0.469 e. The Morgan fingerprint density at radius 1 is 1.35 bits per heavy atom. The van der Waals surface area contributed by atoms with Gasteiger partial charge >= 0.3 is 12.1 Å². The third kappa shape index (κ3) is 3.78. The van der Waals surface area contributed by atoms with Crippen molar-refractivity contribution in [2.24, 2.45) is 5.92 Å². The fraction of sp³-hybridized carbons (Fsp3) is 0.833. The first-order valence-electron chi connectivity index (χ1n) is 6.11. The lowest BCUT2D eigenvalue weighted by atomic mass is 10.1. The Labute approximate surface area is 115 Å². The molecule has 1 aliphatic rings. The van der Waals surface area contributed by atoms with Crippen LogP contribution in [0.5, 0.6) is 0 Å². The lowest BCUT2D eigenvalue weighted by Crippen LogP contribution is -2.51. The summed E-state index contributed by atoms with van der Waals surface area (Å²) in [4.78, 5) is 22.8. The van der Waals surface area contributed by atoms with Crippen LogP contribution in [-0.4, -0.2) is 47.9 Å². The summed E-state index contributed by atoms with van der Waals surface area (Å²) in [5, 5.41) is 11.7. The third-order valence-corrected chi connectivity index (χ3v) is 2.88. The Morgan fingerprint density at radius 3 is 2.35 bits per heavy atom. The number of ether oxygens (including phenoxy) is 2. The average molecular weight is 295 g/mol. The molecule has 2 N–H and O–H groups in total. The number of hydrogen-bond acceptors (Lipinski definition) is 5. The summed E-state index contributed by atoms with van der Waals surface area (Å²) in [6.45, 7) is 4.73. The number of hydrogen-bond donors (Lipinski definition) is 2. The molecule has 20 heavy (non-hydrogen) atoms. The van der Waals surface area contributed by atoms with Gasteiger partial charge in [0, 0.05) is 6.42 Å². The predicted molar refractivity (Wildman–Crippen MR) is 64.2 cm³/mol. The zero-order valence-electron chi connectivity index (χ0n) is 11.8. The molecular formula is C12H19F2NO5. The number of alkyl carbamates (subject to hydrolysis) is 1. The summed E-state index contributed by atoms with van der Waals surface area (Å²) < 4.78 is 36.7. The molecule has 0 bridgehead atoms. The highest BCUT2D eigenvalue weighted by molar-refractivity contribution is 5.75. The first-order chi connectivity index (χ1) is 8.98. The zero-order chi connectivity index (χ0) is 15.7. The highest BCUT2D eigenvalue weighted by Crippen LogP contribution is 2.40. The van der Waals surface area contributed by atoms with Crippen molar-refractivity contribution in [2.75, 3.05) is 7.11 Å². The Kier molecular flexibility index (Phi) is 4.58. The minimum atomic E-state index is -3.42. The molecule has 1 aliphatic carbocycles. The van der Waals surface area contributed by atoms with Gasteiger partial charge in [-0.2, -0.15) is 0 Å². The summed E-state index contributed by atoms with van der Waals surface area (Å²) in [6, 6.07) is -1.89. The van der Waals surface area contributed by atoms with Crippen molar-refractivity contribution in [3.05, 3.63) is 0 Å². The van der Waals surface area contributed by atoms with Crippen molar-refractivity contribution in [2.45, 2.75) is 50.9 Å². The van der Waals surface area contributed by atoms with Crippen LogP contribution in [0.2, 0.25) is 0 Å². The highest BCUT2D eigenvalue weighted by Gasteiger charge is 2.58. The number of carbonyl (C=O) groups is 2. The summed E-state index contributed by atoms with van der Waals surface area (Å²) in [7, 11) is 1.04. The number of aliphatic hydroxyl groups excluding tert-OH is 1. The number of nitrogens with one attached hydrogen (secondary N) is 1. The van der Waals surface area contributed by atoms with Gasteiger partial charge < -0.3 is 19.9 Å². The normalized spacial score (nSPS) is 28.9. The molecule has 1 rings (SSSR count). The maximum atomic E-state index is 13.8. The fourth-order valence-electron chi connectivity index (χ4n) is 2.02. The third-order valence-electron chi connectivity index (χ3n) is 2.88. The molecule has 0 spiro atoms. The number of carbonyl (C=O) groups excluding carboxylic acids is 2. The van der Waals surface area contributed by atoms with E-state index < -0.39 is 48.1 Å². The largest absolute Gasteiger partial charge is 0.469 e. The standard InChI is InChI=1S/C12H19F2NO5/c1-11(2,3)20-10(18)15-8-7(16)6(9(17)19-4)5-12(8,13)14/h6-8,16H,5H2,1-4H3,(H,15,18)/t6-,7+,8-/m0/s1. The van der Waals surface area contributed by atoms with Gasteiger partial charge in [-0.25, -0.2) is 13.6 Å². The van der Waals surface area contributed by atoms with Crippen molar-refractivity contribution in [1.29, 1.82) is 0 Å². The lowest BCUT2D eigenvalue weighted by molar-refractivity contribution is -0.148. The zero-order valence-corrected chi connectivity index (χ0v) is 11.8. The van der Waals surface area contributed by atoms with Crippen LogP contribution < -0.4 is 5.32 Å². The summed E-state index contributed by atoms with van der Waals surface area (Å²) in [5.41, 5.74) is -0.856. The maximum Gasteiger partial charge on any atom is 0.408 e. The second-order valence-electron chi connectivity index (χ2n) is 5.71. The van der Waals surface area contributed by atoms with E-state index in [0.29, 0.717) is 0 Å².